The highest BCUT2D eigenvalue weighted by molar-refractivity contribution is 5.78. The van der Waals surface area contributed by atoms with Gasteiger partial charge in [-0.2, -0.15) is 0 Å². The Labute approximate surface area is 127 Å². The van der Waals surface area contributed by atoms with Crippen LogP contribution in [0.1, 0.15) is 38.3 Å². The summed E-state index contributed by atoms with van der Waals surface area (Å²) in [6, 6.07) is 8.26. The Morgan fingerprint density at radius 1 is 1.48 bits per heavy atom. The van der Waals surface area contributed by atoms with Crippen molar-refractivity contribution >= 4 is 5.91 Å². The first-order chi connectivity index (χ1) is 10.1. The molecule has 2 rings (SSSR count). The van der Waals surface area contributed by atoms with Crippen molar-refractivity contribution in [2.24, 2.45) is 5.92 Å². The summed E-state index contributed by atoms with van der Waals surface area (Å²) >= 11 is 0. The number of rotatable bonds is 7. The number of hydrogen-bond acceptors (Lipinski definition) is 3. The van der Waals surface area contributed by atoms with Crippen LogP contribution in [0.25, 0.3) is 0 Å². The van der Waals surface area contributed by atoms with E-state index in [0.717, 1.165) is 31.8 Å². The summed E-state index contributed by atoms with van der Waals surface area (Å²) in [7, 11) is 1.68. The summed E-state index contributed by atoms with van der Waals surface area (Å²) in [6.45, 7) is 6.83. The number of benzene rings is 1. The molecular weight excluding hydrogens is 264 g/mol. The highest BCUT2D eigenvalue weighted by Gasteiger charge is 2.28. The Morgan fingerprint density at radius 3 is 2.90 bits per heavy atom. The molecule has 1 aliphatic rings. The monoisotopic (exact) mass is 290 g/mol. The Kier molecular flexibility index (Phi) is 5.62. The minimum atomic E-state index is 0.161. The van der Waals surface area contributed by atoms with E-state index in [1.54, 1.807) is 7.11 Å². The van der Waals surface area contributed by atoms with Gasteiger partial charge in [-0.1, -0.05) is 26.0 Å². The van der Waals surface area contributed by atoms with E-state index in [1.165, 1.54) is 5.56 Å². The summed E-state index contributed by atoms with van der Waals surface area (Å²) in [5, 5.41) is 3.55. The van der Waals surface area contributed by atoms with Crippen molar-refractivity contribution in [1.29, 1.82) is 0 Å². The van der Waals surface area contributed by atoms with Crippen LogP contribution in [0.3, 0.4) is 0 Å². The van der Waals surface area contributed by atoms with E-state index in [2.05, 4.69) is 31.3 Å². The average Bonchev–Trinajstić information content (AvgIpc) is 2.81. The zero-order chi connectivity index (χ0) is 15.2. The van der Waals surface area contributed by atoms with Gasteiger partial charge in [0.15, 0.2) is 0 Å². The summed E-state index contributed by atoms with van der Waals surface area (Å²) in [5.41, 5.74) is 1.18. The van der Waals surface area contributed by atoms with Gasteiger partial charge in [0.1, 0.15) is 5.75 Å². The van der Waals surface area contributed by atoms with Crippen molar-refractivity contribution in [3.63, 3.8) is 0 Å². The van der Waals surface area contributed by atoms with E-state index < -0.39 is 0 Å². The topological polar surface area (TPSA) is 41.6 Å². The molecule has 1 N–H and O–H groups in total. The molecule has 0 aromatic heterocycles. The van der Waals surface area contributed by atoms with Crippen LogP contribution in [0.2, 0.25) is 0 Å². The zero-order valence-electron chi connectivity index (χ0n) is 13.3. The van der Waals surface area contributed by atoms with Crippen LogP contribution in [-0.4, -0.2) is 37.6 Å². The van der Waals surface area contributed by atoms with Gasteiger partial charge in [0.2, 0.25) is 5.91 Å². The fraction of sp³-hybridized carbons (Fsp3) is 0.588. The second-order valence-corrected chi connectivity index (χ2v) is 5.89. The molecule has 0 bridgehead atoms. The molecule has 1 aromatic rings. The molecule has 1 fully saturated rings. The number of hydrogen-bond donors (Lipinski definition) is 1. The predicted octanol–water partition coefficient (Wildman–Crippen LogP) is 2.60. The van der Waals surface area contributed by atoms with Gasteiger partial charge in [-0.15, -0.1) is 0 Å². The van der Waals surface area contributed by atoms with Gasteiger partial charge < -0.3 is 15.0 Å². The van der Waals surface area contributed by atoms with E-state index in [1.807, 2.05) is 17.0 Å². The second kappa shape index (κ2) is 7.46. The number of amides is 1. The molecule has 1 aromatic carbocycles. The van der Waals surface area contributed by atoms with Crippen LogP contribution < -0.4 is 10.1 Å². The minimum absolute atomic E-state index is 0.161. The van der Waals surface area contributed by atoms with Gasteiger partial charge >= 0.3 is 0 Å². The Hall–Kier alpha value is -1.55. The summed E-state index contributed by atoms with van der Waals surface area (Å²) in [6.07, 6.45) is 1.75. The second-order valence-electron chi connectivity index (χ2n) is 5.89. The SMILES string of the molecule is CCCNC(CN1CC(C)CC1=O)c1cccc(OC)c1. The quantitative estimate of drug-likeness (QED) is 0.839. The van der Waals surface area contributed by atoms with E-state index in [9.17, 15) is 4.79 Å². The molecule has 0 saturated carbocycles. The molecule has 4 heteroatoms. The van der Waals surface area contributed by atoms with Crippen LogP contribution in [0, 0.1) is 5.92 Å². The van der Waals surface area contributed by atoms with E-state index in [4.69, 9.17) is 4.74 Å². The number of nitrogens with zero attached hydrogens (tertiary/aromatic N) is 1. The highest BCUT2D eigenvalue weighted by Crippen LogP contribution is 2.24. The van der Waals surface area contributed by atoms with Crippen LogP contribution in [0.5, 0.6) is 5.75 Å². The van der Waals surface area contributed by atoms with Gasteiger partial charge in [-0.3, -0.25) is 4.79 Å². The lowest BCUT2D eigenvalue weighted by Gasteiger charge is -2.25. The molecule has 1 heterocycles. The normalized spacial score (nSPS) is 19.9. The van der Waals surface area contributed by atoms with Crippen molar-refractivity contribution in [2.45, 2.75) is 32.7 Å². The zero-order valence-corrected chi connectivity index (χ0v) is 13.3. The van der Waals surface area contributed by atoms with Crippen LogP contribution in [0.4, 0.5) is 0 Å². The van der Waals surface area contributed by atoms with Crippen molar-refractivity contribution in [3.8, 4) is 5.75 Å². The van der Waals surface area contributed by atoms with Crippen LogP contribution in [0.15, 0.2) is 24.3 Å². The molecule has 0 spiro atoms. The third-order valence-electron chi connectivity index (χ3n) is 3.95. The number of likely N-dealkylation sites (tertiary alicyclic amines) is 1. The lowest BCUT2D eigenvalue weighted by Crippen LogP contribution is -2.36. The van der Waals surface area contributed by atoms with Gasteiger partial charge in [-0.05, 0) is 36.6 Å². The van der Waals surface area contributed by atoms with Gasteiger partial charge in [0, 0.05) is 19.5 Å². The van der Waals surface area contributed by atoms with Gasteiger partial charge in [0.25, 0.3) is 0 Å². The van der Waals surface area contributed by atoms with Crippen LogP contribution >= 0.6 is 0 Å². The van der Waals surface area contributed by atoms with Crippen LogP contribution in [-0.2, 0) is 4.79 Å². The molecule has 4 nitrogen and oxygen atoms in total. The van der Waals surface area contributed by atoms with E-state index in [-0.39, 0.29) is 11.9 Å². The first-order valence-corrected chi connectivity index (χ1v) is 7.79. The van der Waals surface area contributed by atoms with Crippen molar-refractivity contribution in [1.82, 2.24) is 10.2 Å². The molecule has 21 heavy (non-hydrogen) atoms. The summed E-state index contributed by atoms with van der Waals surface area (Å²) in [4.78, 5) is 14.0. The number of nitrogens with one attached hydrogen (secondary N) is 1. The summed E-state index contributed by atoms with van der Waals surface area (Å²) in [5.74, 6) is 1.60. The average molecular weight is 290 g/mol. The fourth-order valence-electron chi connectivity index (χ4n) is 2.83. The smallest absolute Gasteiger partial charge is 0.222 e. The maximum absolute atomic E-state index is 12.0. The third kappa shape index (κ3) is 4.21. The molecule has 2 unspecified atom stereocenters. The molecule has 116 valence electrons. The molecule has 1 saturated heterocycles. The van der Waals surface area contributed by atoms with Crippen molar-refractivity contribution < 1.29 is 9.53 Å². The molecule has 0 radical (unpaired) electrons. The van der Waals surface area contributed by atoms with Gasteiger partial charge in [-0.25, -0.2) is 0 Å². The van der Waals surface area contributed by atoms with Crippen molar-refractivity contribution in [3.05, 3.63) is 29.8 Å². The first kappa shape index (κ1) is 15.8. The Morgan fingerprint density at radius 2 is 2.29 bits per heavy atom. The summed E-state index contributed by atoms with van der Waals surface area (Å²) < 4.78 is 5.31. The van der Waals surface area contributed by atoms with E-state index >= 15 is 0 Å². The van der Waals surface area contributed by atoms with Gasteiger partial charge in [0.05, 0.1) is 13.2 Å². The lowest BCUT2D eigenvalue weighted by molar-refractivity contribution is -0.128. The minimum Gasteiger partial charge on any atom is -0.497 e. The lowest BCUT2D eigenvalue weighted by atomic mass is 10.1. The number of carbonyl (C=O) groups excluding carboxylic acids is 1. The molecule has 1 aliphatic heterocycles. The fourth-order valence-corrected chi connectivity index (χ4v) is 2.83. The maximum Gasteiger partial charge on any atom is 0.222 e. The molecule has 2 atom stereocenters. The van der Waals surface area contributed by atoms with Crippen molar-refractivity contribution in [2.75, 3.05) is 26.7 Å². The highest BCUT2D eigenvalue weighted by atomic mass is 16.5. The molecule has 1 amide bonds. The molecule has 0 aliphatic carbocycles. The number of ether oxygens (including phenoxy) is 1. The number of carbonyl (C=O) groups is 1. The standard InChI is InChI=1S/C17H26N2O2/c1-4-8-18-16(12-19-11-13(2)9-17(19)20)14-6-5-7-15(10-14)21-3/h5-7,10,13,16,18H,4,8-9,11-12H2,1-3H3. The van der Waals surface area contributed by atoms with E-state index in [0.29, 0.717) is 12.3 Å². The third-order valence-corrected chi connectivity index (χ3v) is 3.95. The largest absolute Gasteiger partial charge is 0.497 e. The first-order valence-electron chi connectivity index (χ1n) is 7.79. The maximum atomic E-state index is 12.0. The Balaban J connectivity index is 2.11. The Bertz CT molecular complexity index is 476. The predicted molar refractivity (Wildman–Crippen MR) is 84.4 cm³/mol. The number of methoxy groups -OCH3 is 1. The molecular formula is C17H26N2O2.